The van der Waals surface area contributed by atoms with Crippen LogP contribution in [0.15, 0.2) is 16.1 Å². The Kier molecular flexibility index (Phi) is 4.02. The van der Waals surface area contributed by atoms with Gasteiger partial charge in [0, 0.05) is 0 Å². The molecular weight excluding hydrogens is 110 g/mol. The van der Waals surface area contributed by atoms with Crippen LogP contribution < -0.4 is 0 Å². The van der Waals surface area contributed by atoms with E-state index in [-0.39, 0.29) is 0 Å². The second-order valence-corrected chi connectivity index (χ2v) is 2.34. The fraction of sp³-hybridized carbons (Fsp3) is 0.625. The van der Waals surface area contributed by atoms with Crippen LogP contribution in [0, 0.1) is 0 Å². The second-order valence-electron chi connectivity index (χ2n) is 2.34. The van der Waals surface area contributed by atoms with Gasteiger partial charge in [0.1, 0.15) is 0 Å². The van der Waals surface area contributed by atoms with Crippen LogP contribution in [0.2, 0.25) is 0 Å². The van der Waals surface area contributed by atoms with Crippen LogP contribution in [0.3, 0.4) is 0 Å². The van der Waals surface area contributed by atoms with Crippen LogP contribution >= 0.6 is 0 Å². The van der Waals surface area contributed by atoms with Crippen molar-refractivity contribution in [3.63, 3.8) is 0 Å². The number of aliphatic imine (C=N–C) groups is 1. The summed E-state index contributed by atoms with van der Waals surface area (Å²) in [5.74, 6) is 0. The lowest BCUT2D eigenvalue weighted by molar-refractivity contribution is 0.978. The average Bonchev–Trinajstić information content (AvgIpc) is 1.82. The summed E-state index contributed by atoms with van der Waals surface area (Å²) in [6.45, 7) is 10.6. The Hall–Kier alpha value is -0.590. The molecule has 0 spiro atoms. The van der Waals surface area contributed by atoms with Crippen LogP contribution in [0.4, 0.5) is 0 Å². The van der Waals surface area contributed by atoms with E-state index in [1.165, 1.54) is 11.1 Å². The Morgan fingerprint density at radius 2 is 2.00 bits per heavy atom. The molecule has 0 aromatic carbocycles. The number of rotatable bonds is 3. The van der Waals surface area contributed by atoms with Crippen LogP contribution in [-0.4, -0.2) is 13.3 Å². The molecule has 0 saturated carbocycles. The molecular formula is C8H15N. The highest BCUT2D eigenvalue weighted by Gasteiger charge is 1.92. The van der Waals surface area contributed by atoms with Crippen LogP contribution in [-0.2, 0) is 0 Å². The van der Waals surface area contributed by atoms with Crippen molar-refractivity contribution in [2.75, 3.05) is 6.54 Å². The Bertz CT molecular complexity index is 119. The predicted molar refractivity (Wildman–Crippen MR) is 43.1 cm³/mol. The predicted octanol–water partition coefficient (Wildman–Crippen LogP) is 2.43. The van der Waals surface area contributed by atoms with Gasteiger partial charge < -0.3 is 0 Å². The maximum Gasteiger partial charge on any atom is 0.0594 e. The normalized spacial score (nSPS) is 8.78. The number of hydrogen-bond donors (Lipinski definition) is 0. The quantitative estimate of drug-likeness (QED) is 0.406. The second kappa shape index (κ2) is 4.30. The minimum atomic E-state index is 0.804. The smallest absolute Gasteiger partial charge is 0.0594 e. The average molecular weight is 125 g/mol. The molecule has 0 amide bonds. The Labute approximate surface area is 57.5 Å². The van der Waals surface area contributed by atoms with Gasteiger partial charge in [-0.25, -0.2) is 0 Å². The lowest BCUT2D eigenvalue weighted by Crippen LogP contribution is -1.88. The lowest BCUT2D eigenvalue weighted by atomic mass is 10.1. The molecule has 0 aromatic rings. The molecule has 0 N–H and O–H groups in total. The fourth-order valence-corrected chi connectivity index (χ4v) is 0.758. The topological polar surface area (TPSA) is 12.4 Å². The van der Waals surface area contributed by atoms with Crippen molar-refractivity contribution in [1.29, 1.82) is 0 Å². The summed E-state index contributed by atoms with van der Waals surface area (Å²) >= 11 is 0. The van der Waals surface area contributed by atoms with E-state index in [2.05, 4.69) is 32.5 Å². The summed E-state index contributed by atoms with van der Waals surface area (Å²) in [6, 6.07) is 0. The highest BCUT2D eigenvalue weighted by Crippen LogP contribution is 2.06. The molecule has 0 unspecified atom stereocenters. The van der Waals surface area contributed by atoms with Gasteiger partial charge in [-0.1, -0.05) is 18.1 Å². The molecule has 0 aliphatic carbocycles. The molecule has 0 heterocycles. The van der Waals surface area contributed by atoms with E-state index in [0.717, 1.165) is 13.0 Å². The van der Waals surface area contributed by atoms with Crippen LogP contribution in [0.1, 0.15) is 27.2 Å². The zero-order chi connectivity index (χ0) is 7.28. The maximum absolute atomic E-state index is 3.82. The minimum absolute atomic E-state index is 0.804. The van der Waals surface area contributed by atoms with E-state index in [0.29, 0.717) is 0 Å². The Balaban J connectivity index is 3.97. The van der Waals surface area contributed by atoms with Crippen molar-refractivity contribution in [1.82, 2.24) is 0 Å². The van der Waals surface area contributed by atoms with Gasteiger partial charge in [0.05, 0.1) is 6.54 Å². The van der Waals surface area contributed by atoms with Gasteiger partial charge in [0.2, 0.25) is 0 Å². The zero-order valence-corrected chi connectivity index (χ0v) is 6.57. The first-order valence-electron chi connectivity index (χ1n) is 3.30. The van der Waals surface area contributed by atoms with E-state index in [9.17, 15) is 0 Å². The first-order valence-corrected chi connectivity index (χ1v) is 3.30. The third-order valence-electron chi connectivity index (χ3n) is 1.44. The van der Waals surface area contributed by atoms with Crippen molar-refractivity contribution in [2.24, 2.45) is 4.99 Å². The van der Waals surface area contributed by atoms with E-state index in [4.69, 9.17) is 0 Å². The largest absolute Gasteiger partial charge is 0.297 e. The van der Waals surface area contributed by atoms with E-state index < -0.39 is 0 Å². The molecule has 0 fully saturated rings. The first kappa shape index (κ1) is 8.41. The number of nitrogens with zero attached hydrogens (tertiary/aromatic N) is 1. The van der Waals surface area contributed by atoms with Gasteiger partial charge in [-0.3, -0.25) is 4.99 Å². The number of hydrogen-bond acceptors (Lipinski definition) is 1. The minimum Gasteiger partial charge on any atom is -0.297 e. The van der Waals surface area contributed by atoms with Crippen molar-refractivity contribution in [3.8, 4) is 0 Å². The summed E-state index contributed by atoms with van der Waals surface area (Å²) in [5.41, 5.74) is 2.79. The molecule has 0 rings (SSSR count). The SMILES string of the molecule is C=NCC(CC)=C(C)C. The third-order valence-corrected chi connectivity index (χ3v) is 1.44. The van der Waals surface area contributed by atoms with Crippen LogP contribution in [0.25, 0.3) is 0 Å². The maximum atomic E-state index is 3.82. The van der Waals surface area contributed by atoms with Crippen LogP contribution in [0.5, 0.6) is 0 Å². The Morgan fingerprint density at radius 1 is 1.44 bits per heavy atom. The summed E-state index contributed by atoms with van der Waals surface area (Å²) in [7, 11) is 0. The monoisotopic (exact) mass is 125 g/mol. The molecule has 0 bridgehead atoms. The highest BCUT2D eigenvalue weighted by atomic mass is 14.7. The molecule has 0 aliphatic heterocycles. The molecule has 0 radical (unpaired) electrons. The number of allylic oxidation sites excluding steroid dienone is 1. The van der Waals surface area contributed by atoms with E-state index >= 15 is 0 Å². The molecule has 0 aliphatic rings. The van der Waals surface area contributed by atoms with Gasteiger partial charge in [0.15, 0.2) is 0 Å². The van der Waals surface area contributed by atoms with Crippen molar-refractivity contribution in [3.05, 3.63) is 11.1 Å². The van der Waals surface area contributed by atoms with Crippen molar-refractivity contribution >= 4 is 6.72 Å². The summed E-state index contributed by atoms with van der Waals surface area (Å²) < 4.78 is 0. The van der Waals surface area contributed by atoms with E-state index in [1.54, 1.807) is 0 Å². The molecule has 0 aromatic heterocycles. The van der Waals surface area contributed by atoms with Crippen molar-refractivity contribution < 1.29 is 0 Å². The first-order chi connectivity index (χ1) is 4.22. The fourth-order valence-electron chi connectivity index (χ4n) is 0.758. The molecule has 0 atom stereocenters. The van der Waals surface area contributed by atoms with Crippen molar-refractivity contribution in [2.45, 2.75) is 27.2 Å². The molecule has 52 valence electrons. The van der Waals surface area contributed by atoms with Gasteiger partial charge in [0.25, 0.3) is 0 Å². The van der Waals surface area contributed by atoms with Gasteiger partial charge in [-0.2, -0.15) is 0 Å². The van der Waals surface area contributed by atoms with E-state index in [1.807, 2.05) is 0 Å². The lowest BCUT2D eigenvalue weighted by Gasteiger charge is -2.01. The van der Waals surface area contributed by atoms with Gasteiger partial charge in [-0.15, -0.1) is 0 Å². The molecule has 1 heteroatoms. The molecule has 0 saturated heterocycles. The van der Waals surface area contributed by atoms with Gasteiger partial charge >= 0.3 is 0 Å². The summed E-state index contributed by atoms with van der Waals surface area (Å²) in [5, 5.41) is 0. The highest BCUT2D eigenvalue weighted by molar-refractivity contribution is 5.25. The third kappa shape index (κ3) is 3.07. The van der Waals surface area contributed by atoms with Gasteiger partial charge in [-0.05, 0) is 27.0 Å². The standard InChI is InChI=1S/C8H15N/c1-5-8(6-9-4)7(2)3/h4-6H2,1-3H3. The summed E-state index contributed by atoms with van der Waals surface area (Å²) in [6.07, 6.45) is 1.10. The zero-order valence-electron chi connectivity index (χ0n) is 6.57. The summed E-state index contributed by atoms with van der Waals surface area (Å²) in [4.78, 5) is 3.82. The molecule has 1 nitrogen and oxygen atoms in total. The molecule has 9 heavy (non-hydrogen) atoms. The Morgan fingerprint density at radius 3 is 2.11 bits per heavy atom.